The third-order valence-corrected chi connectivity index (χ3v) is 8.47. The van der Waals surface area contributed by atoms with Crippen LogP contribution in [0.25, 0.3) is 10.7 Å². The molecule has 0 radical (unpaired) electrons. The summed E-state index contributed by atoms with van der Waals surface area (Å²) in [6.45, 7) is 6.94. The maximum atomic E-state index is 12.2. The summed E-state index contributed by atoms with van der Waals surface area (Å²) in [5.41, 5.74) is 3.24. The maximum absolute atomic E-state index is 12.2. The topological polar surface area (TPSA) is 163 Å². The van der Waals surface area contributed by atoms with Crippen molar-refractivity contribution in [2.24, 2.45) is 0 Å². The zero-order valence-electron chi connectivity index (χ0n) is 24.4. The molecular formula is C32H35ClN6O4. The molecule has 4 aliphatic rings. The fraction of sp³-hybridized carbons (Fsp3) is 0.438. The van der Waals surface area contributed by atoms with Gasteiger partial charge in [-0.2, -0.15) is 10.5 Å². The highest BCUT2D eigenvalue weighted by atomic mass is 35.5. The number of aromatic nitrogens is 2. The van der Waals surface area contributed by atoms with Gasteiger partial charge in [0.2, 0.25) is 0 Å². The molecule has 2 saturated heterocycles. The van der Waals surface area contributed by atoms with Crippen molar-refractivity contribution in [1.82, 2.24) is 20.2 Å². The smallest absolute Gasteiger partial charge is 0.179 e. The number of rotatable bonds is 1. The van der Waals surface area contributed by atoms with E-state index in [-0.39, 0.29) is 46.2 Å². The van der Waals surface area contributed by atoms with Crippen molar-refractivity contribution in [3.8, 4) is 12.1 Å². The van der Waals surface area contributed by atoms with Gasteiger partial charge in [0.1, 0.15) is 23.3 Å². The van der Waals surface area contributed by atoms with E-state index < -0.39 is 5.60 Å². The van der Waals surface area contributed by atoms with Gasteiger partial charge >= 0.3 is 0 Å². The molecule has 0 bridgehead atoms. The van der Waals surface area contributed by atoms with Crippen molar-refractivity contribution in [3.63, 3.8) is 0 Å². The van der Waals surface area contributed by atoms with E-state index in [1.54, 1.807) is 30.9 Å². The minimum Gasteiger partial charge on any atom is -0.390 e. The Labute approximate surface area is 256 Å². The summed E-state index contributed by atoms with van der Waals surface area (Å²) in [6.07, 6.45) is 10.1. The molecule has 2 aliphatic carbocycles. The Balaban J connectivity index is 0.000000165. The second-order valence-corrected chi connectivity index (χ2v) is 12.0. The van der Waals surface area contributed by atoms with Gasteiger partial charge in [0.25, 0.3) is 0 Å². The standard InChI is InChI=1S/C16H17N3O2.C10H5ClN2O.C6H13NO/c1-16(21)3-6-19(7-4-16)15-12-2-5-18-10-11(12)8-14(20)13(15)9-17;11-10-7-1-2-13-5-6(7)3-9(14)8(10)4-12;1-6(8)2-4-7-5-3-6/h2,5,10,21H,3-4,6-8H2,1H3;1-2,5H,3H2;7-8H,2-5H2,1H3. The number of likely N-dealkylation sites (tertiary alicyclic amines) is 1. The van der Waals surface area contributed by atoms with E-state index in [1.165, 1.54) is 0 Å². The van der Waals surface area contributed by atoms with Gasteiger partial charge in [-0.05, 0) is 75.9 Å². The highest BCUT2D eigenvalue weighted by Crippen LogP contribution is 2.35. The Morgan fingerprint density at radius 1 is 0.837 bits per heavy atom. The molecule has 0 aromatic carbocycles. The number of allylic oxidation sites excluding steroid dienone is 2. The third kappa shape index (κ3) is 7.73. The number of Topliss-reactive ketones (excluding diaryl/α,β-unsaturated/α-hetero) is 2. The average molecular weight is 603 g/mol. The van der Waals surface area contributed by atoms with Gasteiger partial charge in [-0.1, -0.05) is 11.6 Å². The van der Waals surface area contributed by atoms with E-state index in [9.17, 15) is 25.1 Å². The highest BCUT2D eigenvalue weighted by Gasteiger charge is 2.34. The number of nitrogens with one attached hydrogen (secondary N) is 1. The predicted octanol–water partition coefficient (Wildman–Crippen LogP) is 3.09. The number of halogens is 1. The monoisotopic (exact) mass is 602 g/mol. The number of hydrogen-bond donors (Lipinski definition) is 3. The first-order chi connectivity index (χ1) is 20.5. The Kier molecular flexibility index (Phi) is 10.1. The van der Waals surface area contributed by atoms with E-state index in [0.29, 0.717) is 31.6 Å². The number of nitrogens with zero attached hydrogens (tertiary/aromatic N) is 5. The van der Waals surface area contributed by atoms with Gasteiger partial charge in [0, 0.05) is 61.8 Å². The number of carbonyl (C=O) groups is 2. The van der Waals surface area contributed by atoms with E-state index in [2.05, 4.69) is 21.4 Å². The molecule has 2 aromatic rings. The van der Waals surface area contributed by atoms with Gasteiger partial charge in [-0.3, -0.25) is 19.6 Å². The Hall–Kier alpha value is -3.93. The predicted molar refractivity (Wildman–Crippen MR) is 161 cm³/mol. The van der Waals surface area contributed by atoms with Gasteiger partial charge < -0.3 is 20.4 Å². The van der Waals surface area contributed by atoms with Crippen molar-refractivity contribution >= 4 is 33.9 Å². The van der Waals surface area contributed by atoms with Crippen molar-refractivity contribution in [3.05, 3.63) is 70.3 Å². The summed E-state index contributed by atoms with van der Waals surface area (Å²) in [5.74, 6) is -0.386. The number of carbonyl (C=O) groups excluding carboxylic acids is 2. The number of fused-ring (bicyclic) bond motifs is 2. The van der Waals surface area contributed by atoms with Crippen molar-refractivity contribution in [2.75, 3.05) is 26.2 Å². The van der Waals surface area contributed by atoms with Crippen LogP contribution in [0, 0.1) is 22.7 Å². The fourth-order valence-corrected chi connectivity index (χ4v) is 5.69. The zero-order chi connectivity index (χ0) is 31.2. The third-order valence-electron chi connectivity index (χ3n) is 8.08. The lowest BCUT2D eigenvalue weighted by Crippen LogP contribution is -2.42. The first-order valence-electron chi connectivity index (χ1n) is 14.2. The van der Waals surface area contributed by atoms with Crippen LogP contribution >= 0.6 is 11.6 Å². The van der Waals surface area contributed by atoms with Crippen LogP contribution in [0.3, 0.4) is 0 Å². The Morgan fingerprint density at radius 2 is 1.33 bits per heavy atom. The first kappa shape index (κ1) is 32.0. The van der Waals surface area contributed by atoms with Crippen LogP contribution in [0.5, 0.6) is 0 Å². The molecule has 3 N–H and O–H groups in total. The molecule has 0 amide bonds. The number of aliphatic hydroxyl groups is 2. The largest absolute Gasteiger partial charge is 0.390 e. The summed E-state index contributed by atoms with van der Waals surface area (Å²) in [7, 11) is 0. The molecule has 0 unspecified atom stereocenters. The lowest BCUT2D eigenvalue weighted by molar-refractivity contribution is -0.115. The quantitative estimate of drug-likeness (QED) is 0.442. The van der Waals surface area contributed by atoms with Crippen LogP contribution in [0.4, 0.5) is 0 Å². The van der Waals surface area contributed by atoms with Crippen LogP contribution in [0.2, 0.25) is 0 Å². The molecule has 0 atom stereocenters. The number of nitriles is 2. The molecule has 0 saturated carbocycles. The molecule has 0 spiro atoms. The molecule has 2 aliphatic heterocycles. The highest BCUT2D eigenvalue weighted by molar-refractivity contribution is 6.52. The maximum Gasteiger partial charge on any atom is 0.179 e. The fourth-order valence-electron chi connectivity index (χ4n) is 5.36. The van der Waals surface area contributed by atoms with Crippen LogP contribution in [-0.2, 0) is 22.4 Å². The van der Waals surface area contributed by atoms with E-state index >= 15 is 0 Å². The lowest BCUT2D eigenvalue weighted by Gasteiger charge is -2.39. The molecule has 6 rings (SSSR count). The molecule has 43 heavy (non-hydrogen) atoms. The lowest BCUT2D eigenvalue weighted by atomic mass is 9.87. The summed E-state index contributed by atoms with van der Waals surface area (Å²) in [4.78, 5) is 33.6. The number of pyridine rings is 2. The van der Waals surface area contributed by atoms with Crippen molar-refractivity contribution in [2.45, 2.75) is 63.6 Å². The normalized spacial score (nSPS) is 20.3. The van der Waals surface area contributed by atoms with E-state index in [1.807, 2.05) is 30.9 Å². The van der Waals surface area contributed by atoms with Crippen LogP contribution in [0.15, 0.2) is 48.1 Å². The minimum absolute atomic E-state index is 0.0466. The van der Waals surface area contributed by atoms with Gasteiger partial charge in [-0.25, -0.2) is 0 Å². The van der Waals surface area contributed by atoms with Gasteiger partial charge in [0.15, 0.2) is 11.6 Å². The molecule has 2 aromatic heterocycles. The van der Waals surface area contributed by atoms with Crippen molar-refractivity contribution < 1.29 is 19.8 Å². The summed E-state index contributed by atoms with van der Waals surface area (Å²) >= 11 is 5.92. The average Bonchev–Trinajstić information content (AvgIpc) is 2.97. The van der Waals surface area contributed by atoms with Crippen LogP contribution < -0.4 is 5.32 Å². The zero-order valence-corrected chi connectivity index (χ0v) is 25.1. The molecule has 224 valence electrons. The van der Waals surface area contributed by atoms with Gasteiger partial charge in [-0.15, -0.1) is 0 Å². The number of piperidine rings is 2. The SMILES string of the molecule is CC1(O)CCN(C2=C(C#N)C(=O)Cc3cnccc32)CC1.CC1(O)CCNCC1.N#CC1=C(Cl)c2ccncc2CC1=O. The molecule has 10 nitrogen and oxygen atoms in total. The molecule has 11 heteroatoms. The number of hydrogen-bond acceptors (Lipinski definition) is 10. The first-order valence-corrected chi connectivity index (χ1v) is 14.6. The summed E-state index contributed by atoms with van der Waals surface area (Å²) in [5, 5.41) is 40.9. The second kappa shape index (κ2) is 13.6. The van der Waals surface area contributed by atoms with Crippen molar-refractivity contribution in [1.29, 1.82) is 10.5 Å². The minimum atomic E-state index is -0.663. The second-order valence-electron chi connectivity index (χ2n) is 11.6. The Bertz CT molecular complexity index is 1530. The molecule has 4 heterocycles. The van der Waals surface area contributed by atoms with E-state index in [0.717, 1.165) is 48.2 Å². The van der Waals surface area contributed by atoms with E-state index in [4.69, 9.17) is 16.9 Å². The van der Waals surface area contributed by atoms with Gasteiger partial charge in [0.05, 0.1) is 21.9 Å². The Morgan fingerprint density at radius 3 is 1.84 bits per heavy atom. The summed E-state index contributed by atoms with van der Waals surface area (Å²) < 4.78 is 0. The summed E-state index contributed by atoms with van der Waals surface area (Å²) in [6, 6.07) is 7.46. The van der Waals surface area contributed by atoms with Crippen LogP contribution in [-0.4, -0.2) is 74.0 Å². The van der Waals surface area contributed by atoms with Crippen LogP contribution in [0.1, 0.15) is 61.8 Å². The number of ketones is 2. The molecular weight excluding hydrogens is 568 g/mol. The molecule has 2 fully saturated rings.